The van der Waals surface area contributed by atoms with Crippen molar-refractivity contribution in [2.75, 3.05) is 6.61 Å². The predicted molar refractivity (Wildman–Crippen MR) is 70.8 cm³/mol. The Balaban J connectivity index is 2.30. The number of nitrogens with zero attached hydrogens (tertiary/aromatic N) is 1. The van der Waals surface area contributed by atoms with E-state index in [2.05, 4.69) is 9.57 Å². The molecule has 2 aliphatic heterocycles. The normalized spacial score (nSPS) is 49.6. The average Bonchev–Trinajstić information content (AvgIpc) is 2.58. The highest BCUT2D eigenvalue weighted by Gasteiger charge is 2.59. The summed E-state index contributed by atoms with van der Waals surface area (Å²) in [5.41, 5.74) is 0. The molecule has 26 heavy (non-hydrogen) atoms. The van der Waals surface area contributed by atoms with Gasteiger partial charge in [-0.2, -0.15) is 0 Å². The largest absolute Gasteiger partial charge is 0.391 e. The summed E-state index contributed by atoms with van der Waals surface area (Å²) in [7, 11) is 0. The maximum atomic E-state index is 10.7. The minimum Gasteiger partial charge on any atom is -0.391 e. The molecule has 2 fully saturated rings. The smallest absolute Gasteiger partial charge is 0.297 e. The summed E-state index contributed by atoms with van der Waals surface area (Å²) in [4.78, 5) is 14.9. The first kappa shape index (κ1) is 21.1. The van der Waals surface area contributed by atoms with Gasteiger partial charge in [-0.1, -0.05) is 0 Å². The average molecular weight is 389 g/mol. The van der Waals surface area contributed by atoms with Gasteiger partial charge in [-0.3, -0.25) is 4.84 Å². The maximum Gasteiger partial charge on any atom is 0.297 e. The van der Waals surface area contributed by atoms with Gasteiger partial charge < -0.3 is 55.1 Å². The highest BCUT2D eigenvalue weighted by Crippen LogP contribution is 2.35. The molecule has 0 aromatic rings. The van der Waals surface area contributed by atoms with Crippen molar-refractivity contribution in [3.63, 3.8) is 0 Å². The van der Waals surface area contributed by atoms with Gasteiger partial charge in [-0.25, -0.2) is 0 Å². The molecule has 15 heteroatoms. The Morgan fingerprint density at radius 1 is 0.923 bits per heavy atom. The van der Waals surface area contributed by atoms with Crippen LogP contribution in [0.15, 0.2) is 0 Å². The van der Waals surface area contributed by atoms with Gasteiger partial charge in [-0.05, 0) is 0 Å². The molecule has 0 spiro atoms. The van der Waals surface area contributed by atoms with Crippen molar-refractivity contribution in [3.05, 3.63) is 10.1 Å². The molecule has 0 aliphatic carbocycles. The lowest BCUT2D eigenvalue weighted by atomic mass is 9.95. The van der Waals surface area contributed by atoms with E-state index in [0.717, 1.165) is 0 Å². The van der Waals surface area contributed by atoms with Crippen molar-refractivity contribution in [2.45, 2.75) is 61.3 Å². The van der Waals surface area contributed by atoms with Gasteiger partial charge in [0.2, 0.25) is 0 Å². The first-order valence-electron chi connectivity index (χ1n) is 7.23. The van der Waals surface area contributed by atoms with E-state index < -0.39 is 73.0 Å². The summed E-state index contributed by atoms with van der Waals surface area (Å²) in [6.07, 6.45) is -18.6. The third-order valence-electron chi connectivity index (χ3n) is 3.98. The molecule has 0 bridgehead atoms. The standard InChI is InChI=1S/C11H19NO14/c13-1-11(26-12(21)22)7(3(15)5(17)9(20)25-11)23-10-6(18)2(14)4(16)8(19)24-10/h2-10,13-20H,1H2/t2-,3-,4-,5+,6+,7-,8-,9+,10+,11+/m0/s1. The van der Waals surface area contributed by atoms with E-state index in [1.54, 1.807) is 0 Å². The van der Waals surface area contributed by atoms with Crippen LogP contribution in [0.25, 0.3) is 0 Å². The van der Waals surface area contributed by atoms with E-state index in [1.165, 1.54) is 0 Å². The first-order valence-corrected chi connectivity index (χ1v) is 7.23. The van der Waals surface area contributed by atoms with Crippen molar-refractivity contribution >= 4 is 0 Å². The molecule has 8 N–H and O–H groups in total. The van der Waals surface area contributed by atoms with Gasteiger partial charge in [0.05, 0.1) is 0 Å². The summed E-state index contributed by atoms with van der Waals surface area (Å²) in [6, 6.07) is 0. The molecular weight excluding hydrogens is 370 g/mol. The molecule has 10 atom stereocenters. The van der Waals surface area contributed by atoms with E-state index in [1.807, 2.05) is 0 Å². The molecule has 0 amide bonds. The molecule has 0 aromatic heterocycles. The van der Waals surface area contributed by atoms with Crippen LogP contribution in [0.4, 0.5) is 0 Å². The second-order valence-corrected chi connectivity index (χ2v) is 5.70. The third-order valence-corrected chi connectivity index (χ3v) is 3.98. The van der Waals surface area contributed by atoms with Crippen molar-refractivity contribution < 1.29 is 65.0 Å². The molecule has 0 aromatic carbocycles. The predicted octanol–water partition coefficient (Wildman–Crippen LogP) is -5.90. The molecule has 2 heterocycles. The lowest BCUT2D eigenvalue weighted by Gasteiger charge is -2.48. The van der Waals surface area contributed by atoms with Gasteiger partial charge in [0, 0.05) is 0 Å². The number of rotatable bonds is 5. The quantitative estimate of drug-likeness (QED) is 0.161. The highest BCUT2D eigenvalue weighted by atomic mass is 17.0. The van der Waals surface area contributed by atoms with Crippen molar-refractivity contribution in [3.8, 4) is 0 Å². The van der Waals surface area contributed by atoms with Crippen LogP contribution in [0.1, 0.15) is 0 Å². The fourth-order valence-corrected chi connectivity index (χ4v) is 2.58. The highest BCUT2D eigenvalue weighted by molar-refractivity contribution is 4.96. The van der Waals surface area contributed by atoms with E-state index >= 15 is 0 Å². The second-order valence-electron chi connectivity index (χ2n) is 5.70. The zero-order chi connectivity index (χ0) is 19.8. The van der Waals surface area contributed by atoms with Crippen LogP contribution in [0.5, 0.6) is 0 Å². The van der Waals surface area contributed by atoms with Gasteiger partial charge in [-0.15, -0.1) is 10.1 Å². The van der Waals surface area contributed by atoms with E-state index in [9.17, 15) is 51.0 Å². The Labute approximate surface area is 144 Å². The lowest BCUT2D eigenvalue weighted by molar-refractivity contribution is -0.805. The molecule has 2 rings (SSSR count). The van der Waals surface area contributed by atoms with Gasteiger partial charge >= 0.3 is 0 Å². The Hall–Kier alpha value is -1.24. The molecule has 152 valence electrons. The molecule has 0 saturated carbocycles. The number of aliphatic hydroxyl groups excluding tert-OH is 8. The first-order chi connectivity index (χ1) is 12.0. The SMILES string of the molecule is O=[N+]([O-])O[C@@]1(CO)O[C@@H](O)[C@H](O)[C@H](O)[C@@H]1O[C@@H]1O[C@H](O)[C@@H](O)[C@H](O)[C@H]1O. The van der Waals surface area contributed by atoms with Gasteiger partial charge in [0.25, 0.3) is 10.9 Å². The second kappa shape index (κ2) is 7.79. The van der Waals surface area contributed by atoms with Gasteiger partial charge in [0.1, 0.15) is 43.2 Å². The summed E-state index contributed by atoms with van der Waals surface area (Å²) in [6.45, 7) is -1.37. The number of ether oxygens (including phenoxy) is 3. The van der Waals surface area contributed by atoms with E-state index in [0.29, 0.717) is 0 Å². The zero-order valence-electron chi connectivity index (χ0n) is 12.9. The third kappa shape index (κ3) is 3.73. The summed E-state index contributed by atoms with van der Waals surface area (Å²) in [5.74, 6) is -2.85. The zero-order valence-corrected chi connectivity index (χ0v) is 12.9. The van der Waals surface area contributed by atoms with Crippen LogP contribution in [0.3, 0.4) is 0 Å². The number of hydrogen-bond acceptors (Lipinski definition) is 14. The van der Waals surface area contributed by atoms with Crippen LogP contribution >= 0.6 is 0 Å². The van der Waals surface area contributed by atoms with Crippen molar-refractivity contribution in [1.29, 1.82) is 0 Å². The van der Waals surface area contributed by atoms with Crippen LogP contribution in [-0.2, 0) is 19.0 Å². The summed E-state index contributed by atoms with van der Waals surface area (Å²) >= 11 is 0. The Morgan fingerprint density at radius 3 is 2.04 bits per heavy atom. The minimum atomic E-state index is -2.85. The summed E-state index contributed by atoms with van der Waals surface area (Å²) < 4.78 is 14.4. The number of hydrogen-bond donors (Lipinski definition) is 8. The Kier molecular flexibility index (Phi) is 6.31. The molecular formula is C11H19NO14. The number of aliphatic hydroxyl groups is 8. The fraction of sp³-hybridized carbons (Fsp3) is 1.00. The molecule has 0 radical (unpaired) electrons. The Bertz CT molecular complexity index is 507. The molecule has 2 saturated heterocycles. The van der Waals surface area contributed by atoms with Crippen LogP contribution < -0.4 is 0 Å². The van der Waals surface area contributed by atoms with Crippen LogP contribution in [0, 0.1) is 10.1 Å². The molecule has 2 aliphatic rings. The summed E-state index contributed by atoms with van der Waals surface area (Å²) in [5, 5.41) is 86.3. The molecule has 0 unspecified atom stereocenters. The van der Waals surface area contributed by atoms with Crippen molar-refractivity contribution in [1.82, 2.24) is 0 Å². The van der Waals surface area contributed by atoms with Crippen LogP contribution in [0.2, 0.25) is 0 Å². The van der Waals surface area contributed by atoms with E-state index in [4.69, 9.17) is 9.47 Å². The Morgan fingerprint density at radius 2 is 1.50 bits per heavy atom. The maximum absolute atomic E-state index is 10.7. The van der Waals surface area contributed by atoms with Crippen molar-refractivity contribution in [2.24, 2.45) is 0 Å². The fourth-order valence-electron chi connectivity index (χ4n) is 2.58. The topological polar surface area (TPSA) is 242 Å². The lowest BCUT2D eigenvalue weighted by Crippen LogP contribution is -2.70. The monoisotopic (exact) mass is 389 g/mol. The van der Waals surface area contributed by atoms with Gasteiger partial charge in [0.15, 0.2) is 18.9 Å². The van der Waals surface area contributed by atoms with E-state index in [-0.39, 0.29) is 0 Å². The van der Waals surface area contributed by atoms with Crippen LogP contribution in [-0.4, -0.2) is 114 Å². The minimum absolute atomic E-state index is 1.37. The molecule has 15 nitrogen and oxygen atoms in total.